The minimum absolute atomic E-state index is 0.0282. The lowest BCUT2D eigenvalue weighted by atomic mass is 10.0. The Kier molecular flexibility index (Phi) is 1.98. The number of rotatable bonds is 2. The summed E-state index contributed by atoms with van der Waals surface area (Å²) >= 11 is 0. The molecule has 0 radical (unpaired) electrons. The van der Waals surface area contributed by atoms with Gasteiger partial charge in [-0.15, -0.1) is 0 Å². The normalized spacial score (nSPS) is 23.5. The van der Waals surface area contributed by atoms with E-state index in [1.54, 1.807) is 6.07 Å². The molecule has 0 saturated heterocycles. The van der Waals surface area contributed by atoms with Crippen LogP contribution in [0.2, 0.25) is 0 Å². The number of alkyl halides is 2. The molecule has 1 aliphatic rings. The molecule has 2 rings (SSSR count). The Hall–Kier alpha value is -1.12. The van der Waals surface area contributed by atoms with Crippen molar-refractivity contribution in [3.8, 4) is 0 Å². The predicted molar refractivity (Wildman–Crippen MR) is 52.5 cm³/mol. The highest BCUT2D eigenvalue weighted by atomic mass is 19.3. The third kappa shape index (κ3) is 1.59. The van der Waals surface area contributed by atoms with Gasteiger partial charge < -0.3 is 5.73 Å². The molecule has 1 saturated carbocycles. The molecule has 0 amide bonds. The molecule has 1 nitrogen and oxygen atoms in total. The highest BCUT2D eigenvalue weighted by molar-refractivity contribution is 5.47. The van der Waals surface area contributed by atoms with Gasteiger partial charge in [0.25, 0.3) is 5.92 Å². The summed E-state index contributed by atoms with van der Waals surface area (Å²) < 4.78 is 25.6. The van der Waals surface area contributed by atoms with Crippen molar-refractivity contribution in [2.75, 3.05) is 5.73 Å². The molecule has 0 bridgehead atoms. The molecule has 14 heavy (non-hydrogen) atoms. The molecular weight excluding hydrogens is 184 g/mol. The van der Waals surface area contributed by atoms with E-state index in [1.807, 2.05) is 19.1 Å². The van der Waals surface area contributed by atoms with E-state index in [4.69, 9.17) is 5.73 Å². The van der Waals surface area contributed by atoms with E-state index in [9.17, 15) is 8.78 Å². The average Bonchev–Trinajstić information content (AvgIpc) is 2.74. The van der Waals surface area contributed by atoms with Gasteiger partial charge in [0.2, 0.25) is 0 Å². The molecular formula is C11H13F2N. The maximum Gasteiger partial charge on any atom is 0.255 e. The molecule has 2 N–H and O–H groups in total. The van der Waals surface area contributed by atoms with Crippen molar-refractivity contribution < 1.29 is 8.78 Å². The number of benzene rings is 1. The Morgan fingerprint density at radius 2 is 2.07 bits per heavy atom. The second-order valence-corrected chi connectivity index (χ2v) is 3.88. The summed E-state index contributed by atoms with van der Waals surface area (Å²) in [4.78, 5) is 0. The van der Waals surface area contributed by atoms with Crippen LogP contribution in [0.1, 0.15) is 30.4 Å². The zero-order valence-electron chi connectivity index (χ0n) is 8.06. The maximum atomic E-state index is 12.8. The summed E-state index contributed by atoms with van der Waals surface area (Å²) in [6.07, 6.45) is 0.802. The Morgan fingerprint density at radius 1 is 1.43 bits per heavy atom. The molecule has 1 unspecified atom stereocenters. The highest BCUT2D eigenvalue weighted by Crippen LogP contribution is 2.55. The molecule has 0 heterocycles. The first kappa shape index (κ1) is 9.44. The van der Waals surface area contributed by atoms with E-state index >= 15 is 0 Å². The van der Waals surface area contributed by atoms with Crippen molar-refractivity contribution in [1.29, 1.82) is 0 Å². The molecule has 1 aromatic carbocycles. The van der Waals surface area contributed by atoms with Crippen molar-refractivity contribution in [3.05, 3.63) is 29.3 Å². The summed E-state index contributed by atoms with van der Waals surface area (Å²) in [6.45, 7) is 1.99. The largest absolute Gasteiger partial charge is 0.399 e. The molecule has 0 aromatic heterocycles. The smallest absolute Gasteiger partial charge is 0.255 e. The van der Waals surface area contributed by atoms with Crippen LogP contribution in [0.5, 0.6) is 0 Å². The summed E-state index contributed by atoms with van der Waals surface area (Å²) in [5, 5.41) is 0. The van der Waals surface area contributed by atoms with Crippen molar-refractivity contribution in [3.63, 3.8) is 0 Å². The average molecular weight is 197 g/mol. The Labute approximate surface area is 81.9 Å². The first-order valence-electron chi connectivity index (χ1n) is 4.80. The molecule has 1 aliphatic carbocycles. The summed E-state index contributed by atoms with van der Waals surface area (Å²) in [5.74, 6) is -3.10. The van der Waals surface area contributed by atoms with Gasteiger partial charge in [0, 0.05) is 12.1 Å². The van der Waals surface area contributed by atoms with Crippen LogP contribution in [0.3, 0.4) is 0 Å². The van der Waals surface area contributed by atoms with Crippen molar-refractivity contribution in [1.82, 2.24) is 0 Å². The van der Waals surface area contributed by atoms with E-state index in [1.165, 1.54) is 0 Å². The number of halogens is 2. The predicted octanol–water partition coefficient (Wildman–Crippen LogP) is 2.95. The van der Waals surface area contributed by atoms with Crippen LogP contribution in [0, 0.1) is 0 Å². The van der Waals surface area contributed by atoms with Crippen LogP contribution in [0.25, 0.3) is 0 Å². The maximum absolute atomic E-state index is 12.8. The number of aryl methyl sites for hydroxylation is 1. The number of nitrogens with two attached hydrogens (primary N) is 1. The van der Waals surface area contributed by atoms with E-state index in [-0.39, 0.29) is 6.42 Å². The zero-order chi connectivity index (χ0) is 10.3. The first-order chi connectivity index (χ1) is 6.53. The standard InChI is InChI=1S/C11H13F2N/c1-2-7-3-8(5-9(14)4-7)10-6-11(10,12)13/h3-5,10H,2,6,14H2,1H3. The zero-order valence-corrected chi connectivity index (χ0v) is 8.06. The van der Waals surface area contributed by atoms with Crippen LogP contribution in [0.4, 0.5) is 14.5 Å². The minimum atomic E-state index is -2.50. The van der Waals surface area contributed by atoms with Gasteiger partial charge in [-0.1, -0.05) is 13.0 Å². The van der Waals surface area contributed by atoms with Crippen LogP contribution in [0.15, 0.2) is 18.2 Å². The third-order valence-electron chi connectivity index (χ3n) is 2.67. The van der Waals surface area contributed by atoms with Crippen LogP contribution < -0.4 is 5.73 Å². The number of anilines is 1. The van der Waals surface area contributed by atoms with E-state index in [2.05, 4.69) is 0 Å². The summed E-state index contributed by atoms with van der Waals surface area (Å²) in [6, 6.07) is 5.33. The van der Waals surface area contributed by atoms with Gasteiger partial charge in [0.1, 0.15) is 0 Å². The van der Waals surface area contributed by atoms with Gasteiger partial charge in [0.05, 0.1) is 5.92 Å². The summed E-state index contributed by atoms with van der Waals surface area (Å²) in [7, 11) is 0. The molecule has 1 atom stereocenters. The van der Waals surface area contributed by atoms with Gasteiger partial charge in [-0.05, 0) is 29.7 Å². The van der Waals surface area contributed by atoms with Crippen molar-refractivity contribution >= 4 is 5.69 Å². The van der Waals surface area contributed by atoms with Gasteiger partial charge in [0.15, 0.2) is 0 Å². The van der Waals surface area contributed by atoms with E-state index in [0.717, 1.165) is 12.0 Å². The lowest BCUT2D eigenvalue weighted by Gasteiger charge is -2.05. The molecule has 1 fully saturated rings. The van der Waals surface area contributed by atoms with Crippen LogP contribution in [-0.4, -0.2) is 5.92 Å². The molecule has 0 aliphatic heterocycles. The lowest BCUT2D eigenvalue weighted by molar-refractivity contribution is 0.112. The topological polar surface area (TPSA) is 26.0 Å². The van der Waals surface area contributed by atoms with Gasteiger partial charge >= 0.3 is 0 Å². The SMILES string of the molecule is CCc1cc(N)cc(C2CC2(F)F)c1. The van der Waals surface area contributed by atoms with Crippen LogP contribution in [-0.2, 0) is 6.42 Å². The molecule has 3 heteroatoms. The second kappa shape index (κ2) is 2.94. The van der Waals surface area contributed by atoms with Crippen LogP contribution >= 0.6 is 0 Å². The molecule has 1 aromatic rings. The number of hydrogen-bond donors (Lipinski definition) is 1. The third-order valence-corrected chi connectivity index (χ3v) is 2.67. The van der Waals surface area contributed by atoms with E-state index < -0.39 is 11.8 Å². The van der Waals surface area contributed by atoms with Gasteiger partial charge in [-0.2, -0.15) is 0 Å². The highest BCUT2D eigenvalue weighted by Gasteiger charge is 2.57. The quantitative estimate of drug-likeness (QED) is 0.725. The lowest BCUT2D eigenvalue weighted by Crippen LogP contribution is -1.96. The fourth-order valence-electron chi connectivity index (χ4n) is 1.73. The van der Waals surface area contributed by atoms with Crippen molar-refractivity contribution in [2.45, 2.75) is 31.6 Å². The van der Waals surface area contributed by atoms with Gasteiger partial charge in [-0.3, -0.25) is 0 Å². The number of nitrogen functional groups attached to an aromatic ring is 1. The Balaban J connectivity index is 2.31. The van der Waals surface area contributed by atoms with Crippen molar-refractivity contribution in [2.24, 2.45) is 0 Å². The fourth-order valence-corrected chi connectivity index (χ4v) is 1.73. The first-order valence-corrected chi connectivity index (χ1v) is 4.80. The summed E-state index contributed by atoms with van der Waals surface area (Å²) in [5.41, 5.74) is 7.95. The minimum Gasteiger partial charge on any atom is -0.399 e. The monoisotopic (exact) mass is 197 g/mol. The van der Waals surface area contributed by atoms with Gasteiger partial charge in [-0.25, -0.2) is 8.78 Å². The fraction of sp³-hybridized carbons (Fsp3) is 0.455. The van der Waals surface area contributed by atoms with E-state index in [0.29, 0.717) is 11.3 Å². The molecule has 0 spiro atoms. The number of hydrogen-bond acceptors (Lipinski definition) is 1. The Bertz CT molecular complexity index is 360. The Morgan fingerprint density at radius 3 is 2.57 bits per heavy atom. The molecule has 76 valence electrons. The second-order valence-electron chi connectivity index (χ2n) is 3.88.